The number of carbonyl (C=O) groups is 1. The first-order chi connectivity index (χ1) is 9.25. The summed E-state index contributed by atoms with van der Waals surface area (Å²) < 4.78 is 0. The number of aromatic nitrogens is 1. The Morgan fingerprint density at radius 2 is 1.79 bits per heavy atom. The first-order valence-electron chi connectivity index (χ1n) is 6.00. The predicted molar refractivity (Wildman–Crippen MR) is 75.7 cm³/mol. The second-order valence-corrected chi connectivity index (χ2v) is 4.32. The Hall–Kier alpha value is -2.68. The molecule has 0 aliphatic heterocycles. The van der Waals surface area contributed by atoms with E-state index in [9.17, 15) is 4.79 Å². The molecule has 2 N–H and O–H groups in total. The molecule has 0 radical (unpaired) electrons. The molecule has 0 bridgehead atoms. The number of amides is 1. The highest BCUT2D eigenvalue weighted by molar-refractivity contribution is 5.98. The van der Waals surface area contributed by atoms with Crippen molar-refractivity contribution in [3.05, 3.63) is 66.4 Å². The van der Waals surface area contributed by atoms with Crippen LogP contribution in [0.5, 0.6) is 0 Å². The third-order valence-corrected chi connectivity index (χ3v) is 3.11. The molecule has 0 unspecified atom stereocenters. The van der Waals surface area contributed by atoms with Gasteiger partial charge in [0.15, 0.2) is 0 Å². The minimum absolute atomic E-state index is 0.441. The molecule has 0 aliphatic carbocycles. The lowest BCUT2D eigenvalue weighted by molar-refractivity contribution is 0.1000. The summed E-state index contributed by atoms with van der Waals surface area (Å²) in [4.78, 5) is 15.6. The van der Waals surface area contributed by atoms with E-state index in [2.05, 4.69) is 17.1 Å². The molecule has 2 aromatic carbocycles. The molecule has 3 heteroatoms. The van der Waals surface area contributed by atoms with Gasteiger partial charge in [-0.3, -0.25) is 9.78 Å². The largest absolute Gasteiger partial charge is 0.366 e. The minimum Gasteiger partial charge on any atom is -0.366 e. The van der Waals surface area contributed by atoms with Gasteiger partial charge in [-0.1, -0.05) is 42.5 Å². The van der Waals surface area contributed by atoms with Crippen LogP contribution in [0, 0.1) is 0 Å². The molecule has 92 valence electrons. The van der Waals surface area contributed by atoms with E-state index in [4.69, 9.17) is 5.73 Å². The molecule has 19 heavy (non-hydrogen) atoms. The van der Waals surface area contributed by atoms with Crippen molar-refractivity contribution in [2.24, 2.45) is 5.73 Å². The number of primary amides is 1. The lowest BCUT2D eigenvalue weighted by Gasteiger charge is -2.06. The topological polar surface area (TPSA) is 56.0 Å². The predicted octanol–water partition coefficient (Wildman–Crippen LogP) is 3.00. The normalized spacial score (nSPS) is 10.5. The number of nitrogens with zero attached hydrogens (tertiary/aromatic N) is 1. The van der Waals surface area contributed by atoms with Crippen molar-refractivity contribution >= 4 is 16.7 Å². The summed E-state index contributed by atoms with van der Waals surface area (Å²) in [5, 5.41) is 2.25. The van der Waals surface area contributed by atoms with Crippen LogP contribution in [0.2, 0.25) is 0 Å². The van der Waals surface area contributed by atoms with Crippen LogP contribution in [0.25, 0.3) is 22.0 Å². The molecule has 0 atom stereocenters. The average molecular weight is 248 g/mol. The van der Waals surface area contributed by atoms with Crippen LogP contribution in [0.15, 0.2) is 60.8 Å². The summed E-state index contributed by atoms with van der Waals surface area (Å²) >= 11 is 0. The molecule has 3 aromatic rings. The number of carbonyl (C=O) groups excluding carboxylic acids is 1. The third-order valence-electron chi connectivity index (χ3n) is 3.11. The molecule has 1 heterocycles. The van der Waals surface area contributed by atoms with E-state index in [1.54, 1.807) is 18.3 Å². The number of pyridine rings is 1. The van der Waals surface area contributed by atoms with Gasteiger partial charge in [0.25, 0.3) is 0 Å². The number of hydrogen-bond acceptors (Lipinski definition) is 2. The second-order valence-electron chi connectivity index (χ2n) is 4.32. The molecule has 0 aliphatic rings. The quantitative estimate of drug-likeness (QED) is 0.758. The van der Waals surface area contributed by atoms with Crippen LogP contribution >= 0.6 is 0 Å². The van der Waals surface area contributed by atoms with Crippen LogP contribution in [-0.4, -0.2) is 10.9 Å². The highest BCUT2D eigenvalue weighted by atomic mass is 16.1. The molecule has 0 fully saturated rings. The van der Waals surface area contributed by atoms with Gasteiger partial charge in [0, 0.05) is 17.3 Å². The van der Waals surface area contributed by atoms with Gasteiger partial charge in [0.2, 0.25) is 5.91 Å². The van der Waals surface area contributed by atoms with Crippen molar-refractivity contribution < 1.29 is 4.79 Å². The lowest BCUT2D eigenvalue weighted by Crippen LogP contribution is -2.10. The first-order valence-corrected chi connectivity index (χ1v) is 6.00. The van der Waals surface area contributed by atoms with Gasteiger partial charge in [-0.25, -0.2) is 0 Å². The molecule has 0 saturated heterocycles. The van der Waals surface area contributed by atoms with E-state index in [0.717, 1.165) is 22.0 Å². The zero-order valence-corrected chi connectivity index (χ0v) is 10.2. The number of fused-ring (bicyclic) bond motifs is 1. The summed E-state index contributed by atoms with van der Waals surface area (Å²) in [5.74, 6) is -0.441. The summed E-state index contributed by atoms with van der Waals surface area (Å²) in [7, 11) is 0. The highest BCUT2D eigenvalue weighted by Crippen LogP contribution is 2.27. The van der Waals surface area contributed by atoms with Gasteiger partial charge in [-0.2, -0.15) is 0 Å². The van der Waals surface area contributed by atoms with Crippen LogP contribution in [0.4, 0.5) is 0 Å². The minimum atomic E-state index is -0.441. The Kier molecular flexibility index (Phi) is 2.72. The number of nitrogens with two attached hydrogens (primary N) is 1. The first kappa shape index (κ1) is 11.4. The van der Waals surface area contributed by atoms with Crippen LogP contribution in [0.1, 0.15) is 10.4 Å². The number of benzene rings is 2. The van der Waals surface area contributed by atoms with Crippen LogP contribution in [0.3, 0.4) is 0 Å². The monoisotopic (exact) mass is 248 g/mol. The van der Waals surface area contributed by atoms with Gasteiger partial charge in [0.1, 0.15) is 0 Å². The highest BCUT2D eigenvalue weighted by Gasteiger charge is 2.07. The molecule has 0 spiro atoms. The molecule has 3 nitrogen and oxygen atoms in total. The van der Waals surface area contributed by atoms with E-state index in [0.29, 0.717) is 5.56 Å². The third kappa shape index (κ3) is 2.06. The standard InChI is InChI=1S/C16H12N2O/c17-16(19)12-8-9-18-15(10-12)14-7-3-5-11-4-1-2-6-13(11)14/h1-10H,(H2,17,19). The van der Waals surface area contributed by atoms with Crippen LogP contribution in [-0.2, 0) is 0 Å². The van der Waals surface area contributed by atoms with Crippen molar-refractivity contribution in [2.75, 3.05) is 0 Å². The van der Waals surface area contributed by atoms with Crippen LogP contribution < -0.4 is 5.73 Å². The maximum atomic E-state index is 11.2. The molecular formula is C16H12N2O. The Morgan fingerprint density at radius 1 is 1.00 bits per heavy atom. The maximum Gasteiger partial charge on any atom is 0.248 e. The van der Waals surface area contributed by atoms with E-state index < -0.39 is 5.91 Å². The van der Waals surface area contributed by atoms with Crippen molar-refractivity contribution in [3.63, 3.8) is 0 Å². The molecule has 1 amide bonds. The number of hydrogen-bond donors (Lipinski definition) is 1. The smallest absolute Gasteiger partial charge is 0.248 e. The fraction of sp³-hybridized carbons (Fsp3) is 0. The van der Waals surface area contributed by atoms with Gasteiger partial charge < -0.3 is 5.73 Å². The average Bonchev–Trinajstić information content (AvgIpc) is 2.47. The summed E-state index contributed by atoms with van der Waals surface area (Å²) in [6.07, 6.45) is 1.61. The van der Waals surface area contributed by atoms with Crippen molar-refractivity contribution in [3.8, 4) is 11.3 Å². The molecule has 0 saturated carbocycles. The van der Waals surface area contributed by atoms with Crippen molar-refractivity contribution in [1.29, 1.82) is 0 Å². The zero-order chi connectivity index (χ0) is 13.2. The molecule has 3 rings (SSSR count). The fourth-order valence-corrected chi connectivity index (χ4v) is 2.18. The van der Waals surface area contributed by atoms with E-state index in [1.807, 2.05) is 30.3 Å². The van der Waals surface area contributed by atoms with Crippen molar-refractivity contribution in [2.45, 2.75) is 0 Å². The molecule has 1 aromatic heterocycles. The molecular weight excluding hydrogens is 236 g/mol. The van der Waals surface area contributed by atoms with Gasteiger partial charge >= 0.3 is 0 Å². The Morgan fingerprint density at radius 3 is 2.63 bits per heavy atom. The van der Waals surface area contributed by atoms with E-state index >= 15 is 0 Å². The Balaban J connectivity index is 2.24. The Bertz CT molecular complexity index is 760. The van der Waals surface area contributed by atoms with Gasteiger partial charge in [0.05, 0.1) is 5.69 Å². The number of rotatable bonds is 2. The van der Waals surface area contributed by atoms with Gasteiger partial charge in [-0.15, -0.1) is 0 Å². The summed E-state index contributed by atoms with van der Waals surface area (Å²) in [6.45, 7) is 0. The summed E-state index contributed by atoms with van der Waals surface area (Å²) in [5.41, 5.74) is 7.54. The van der Waals surface area contributed by atoms with Gasteiger partial charge in [-0.05, 0) is 22.9 Å². The lowest BCUT2D eigenvalue weighted by atomic mass is 10.0. The van der Waals surface area contributed by atoms with E-state index in [1.165, 1.54) is 0 Å². The summed E-state index contributed by atoms with van der Waals surface area (Å²) in [6, 6.07) is 17.5. The van der Waals surface area contributed by atoms with Crippen molar-refractivity contribution in [1.82, 2.24) is 4.98 Å². The van der Waals surface area contributed by atoms with E-state index in [-0.39, 0.29) is 0 Å². The SMILES string of the molecule is NC(=O)c1ccnc(-c2cccc3ccccc23)c1. The Labute approximate surface area is 110 Å². The maximum absolute atomic E-state index is 11.2. The zero-order valence-electron chi connectivity index (χ0n) is 10.2. The fourth-order valence-electron chi connectivity index (χ4n) is 2.18. The second kappa shape index (κ2) is 4.53.